The minimum atomic E-state index is -0.666. The third kappa shape index (κ3) is 4.15. The Morgan fingerprint density at radius 1 is 1.40 bits per heavy atom. The molecule has 88 valence electrons. The Balaban J connectivity index is 2.35. The van der Waals surface area contributed by atoms with Crippen molar-refractivity contribution in [2.75, 3.05) is 11.5 Å². The molecule has 0 saturated carbocycles. The van der Waals surface area contributed by atoms with Crippen LogP contribution in [0.5, 0.6) is 0 Å². The van der Waals surface area contributed by atoms with Gasteiger partial charge in [-0.2, -0.15) is 12.6 Å². The van der Waals surface area contributed by atoms with Gasteiger partial charge < -0.3 is 5.32 Å². The number of carbonyl (C=O) groups excluding carboxylic acids is 1. The van der Waals surface area contributed by atoms with E-state index in [9.17, 15) is 9.00 Å². The zero-order valence-corrected chi connectivity index (χ0v) is 10.9. The summed E-state index contributed by atoms with van der Waals surface area (Å²) in [6, 6.07) is 0.198. The maximum absolute atomic E-state index is 11.7. The Bertz CT molecular complexity index is 246. The van der Waals surface area contributed by atoms with E-state index in [1.807, 2.05) is 13.8 Å². The molecule has 1 heterocycles. The van der Waals surface area contributed by atoms with Gasteiger partial charge in [-0.1, -0.05) is 13.8 Å². The van der Waals surface area contributed by atoms with Crippen LogP contribution in [-0.4, -0.2) is 32.9 Å². The molecule has 0 spiro atoms. The van der Waals surface area contributed by atoms with Crippen molar-refractivity contribution >= 4 is 29.3 Å². The fourth-order valence-electron chi connectivity index (χ4n) is 1.53. The molecular weight excluding hydrogens is 230 g/mol. The zero-order valence-electron chi connectivity index (χ0n) is 9.23. The van der Waals surface area contributed by atoms with Gasteiger partial charge in [0.1, 0.15) is 0 Å². The van der Waals surface area contributed by atoms with E-state index in [-0.39, 0.29) is 23.1 Å². The molecule has 1 unspecified atom stereocenters. The van der Waals surface area contributed by atoms with Gasteiger partial charge in [0.2, 0.25) is 5.91 Å². The van der Waals surface area contributed by atoms with Gasteiger partial charge in [-0.3, -0.25) is 9.00 Å². The summed E-state index contributed by atoms with van der Waals surface area (Å²) in [7, 11) is -0.666. The number of carbonyl (C=O) groups is 1. The van der Waals surface area contributed by atoms with Crippen molar-refractivity contribution in [1.29, 1.82) is 0 Å². The summed E-state index contributed by atoms with van der Waals surface area (Å²) in [5.74, 6) is 1.67. The summed E-state index contributed by atoms with van der Waals surface area (Å²) in [6.45, 7) is 3.96. The minimum absolute atomic E-state index is 0.00557. The summed E-state index contributed by atoms with van der Waals surface area (Å²) in [4.78, 5) is 11.7. The van der Waals surface area contributed by atoms with Crippen LogP contribution in [0.25, 0.3) is 0 Å². The van der Waals surface area contributed by atoms with E-state index in [1.54, 1.807) is 0 Å². The number of nitrogens with one attached hydrogen (secondary N) is 1. The highest BCUT2D eigenvalue weighted by atomic mass is 32.2. The molecule has 15 heavy (non-hydrogen) atoms. The molecular formula is C10H19NO2S2. The highest BCUT2D eigenvalue weighted by molar-refractivity contribution is 7.85. The Morgan fingerprint density at radius 2 is 1.93 bits per heavy atom. The van der Waals surface area contributed by atoms with E-state index in [0.717, 1.165) is 12.8 Å². The van der Waals surface area contributed by atoms with Gasteiger partial charge >= 0.3 is 0 Å². The first-order valence-corrected chi connectivity index (χ1v) is 7.34. The molecule has 1 aliphatic heterocycles. The molecule has 1 aliphatic rings. The summed E-state index contributed by atoms with van der Waals surface area (Å²) >= 11 is 4.27. The lowest BCUT2D eigenvalue weighted by Gasteiger charge is -2.24. The van der Waals surface area contributed by atoms with Crippen LogP contribution in [0.4, 0.5) is 0 Å². The standard InChI is InChI=1S/C10H19NO2S2/c1-7(2)9(14)10(12)11-8-3-5-15(13)6-4-8/h7-9,14H,3-6H2,1-2H3,(H,11,12). The number of amides is 1. The fraction of sp³-hybridized carbons (Fsp3) is 0.900. The van der Waals surface area contributed by atoms with Gasteiger partial charge in [0.15, 0.2) is 0 Å². The minimum Gasteiger partial charge on any atom is -0.352 e. The van der Waals surface area contributed by atoms with E-state index < -0.39 is 10.8 Å². The van der Waals surface area contributed by atoms with Crippen LogP contribution in [0.3, 0.4) is 0 Å². The average molecular weight is 249 g/mol. The Hall–Kier alpha value is -0.0300. The molecule has 0 aromatic heterocycles. The van der Waals surface area contributed by atoms with Crippen LogP contribution in [0.1, 0.15) is 26.7 Å². The predicted molar refractivity (Wildman–Crippen MR) is 66.7 cm³/mol. The molecule has 1 N–H and O–H groups in total. The molecule has 0 aliphatic carbocycles. The lowest BCUT2D eigenvalue weighted by Crippen LogP contribution is -2.44. The first-order valence-electron chi connectivity index (χ1n) is 5.34. The topological polar surface area (TPSA) is 46.2 Å². The van der Waals surface area contributed by atoms with Gasteiger partial charge in [0.05, 0.1) is 5.25 Å². The van der Waals surface area contributed by atoms with E-state index in [1.165, 1.54) is 0 Å². The first kappa shape index (κ1) is 13.0. The Morgan fingerprint density at radius 3 is 2.40 bits per heavy atom. The molecule has 1 fully saturated rings. The smallest absolute Gasteiger partial charge is 0.233 e. The maximum atomic E-state index is 11.7. The van der Waals surface area contributed by atoms with Crippen LogP contribution in [0, 0.1) is 5.92 Å². The van der Waals surface area contributed by atoms with Crippen LogP contribution in [0.2, 0.25) is 0 Å². The predicted octanol–water partition coefficient (Wildman–Crippen LogP) is 0.968. The van der Waals surface area contributed by atoms with Crippen molar-refractivity contribution in [3.63, 3.8) is 0 Å². The van der Waals surface area contributed by atoms with Crippen LogP contribution < -0.4 is 5.32 Å². The SMILES string of the molecule is CC(C)C(S)C(=O)NC1CCS(=O)CC1. The van der Waals surface area contributed by atoms with Gasteiger partial charge in [-0.15, -0.1) is 0 Å². The van der Waals surface area contributed by atoms with E-state index in [2.05, 4.69) is 17.9 Å². The van der Waals surface area contributed by atoms with Crippen molar-refractivity contribution in [1.82, 2.24) is 5.32 Å². The highest BCUT2D eigenvalue weighted by Crippen LogP contribution is 2.13. The summed E-state index contributed by atoms with van der Waals surface area (Å²) in [5.41, 5.74) is 0. The van der Waals surface area contributed by atoms with Crippen molar-refractivity contribution < 1.29 is 9.00 Å². The van der Waals surface area contributed by atoms with E-state index in [0.29, 0.717) is 11.5 Å². The zero-order chi connectivity index (χ0) is 11.4. The molecule has 1 amide bonds. The molecule has 0 aromatic carbocycles. The van der Waals surface area contributed by atoms with Crippen molar-refractivity contribution in [2.45, 2.75) is 38.0 Å². The normalized spacial score (nSPS) is 28.8. The summed E-state index contributed by atoms with van der Waals surface area (Å²) < 4.78 is 11.1. The number of thiol groups is 1. The summed E-state index contributed by atoms with van der Waals surface area (Å²) in [6.07, 6.45) is 1.66. The van der Waals surface area contributed by atoms with E-state index in [4.69, 9.17) is 0 Å². The van der Waals surface area contributed by atoms with Crippen molar-refractivity contribution in [2.24, 2.45) is 5.92 Å². The largest absolute Gasteiger partial charge is 0.352 e. The van der Waals surface area contributed by atoms with Crippen molar-refractivity contribution in [3.8, 4) is 0 Å². The first-order chi connectivity index (χ1) is 7.00. The quantitative estimate of drug-likeness (QED) is 0.732. The molecule has 0 radical (unpaired) electrons. The fourth-order valence-corrected chi connectivity index (χ4v) is 2.90. The second-order valence-corrected chi connectivity index (χ2v) is 6.57. The third-order valence-corrected chi connectivity index (χ3v) is 4.85. The van der Waals surface area contributed by atoms with Crippen molar-refractivity contribution in [3.05, 3.63) is 0 Å². The van der Waals surface area contributed by atoms with Gasteiger partial charge in [-0.25, -0.2) is 0 Å². The monoisotopic (exact) mass is 249 g/mol. The lowest BCUT2D eigenvalue weighted by molar-refractivity contribution is -0.121. The van der Waals surface area contributed by atoms with Gasteiger partial charge in [0, 0.05) is 28.3 Å². The number of hydrogen-bond donors (Lipinski definition) is 2. The molecule has 5 heteroatoms. The highest BCUT2D eigenvalue weighted by Gasteiger charge is 2.23. The molecule has 1 saturated heterocycles. The maximum Gasteiger partial charge on any atom is 0.233 e. The molecule has 1 rings (SSSR count). The average Bonchev–Trinajstić information content (AvgIpc) is 2.20. The third-order valence-electron chi connectivity index (χ3n) is 2.63. The molecule has 0 bridgehead atoms. The number of hydrogen-bond acceptors (Lipinski definition) is 3. The molecule has 0 aromatic rings. The molecule has 1 atom stereocenters. The van der Waals surface area contributed by atoms with Crippen LogP contribution >= 0.6 is 12.6 Å². The number of rotatable bonds is 3. The Labute approximate surface area is 99.3 Å². The van der Waals surface area contributed by atoms with Crippen LogP contribution in [0.15, 0.2) is 0 Å². The Kier molecular flexibility index (Phi) is 5.12. The van der Waals surface area contributed by atoms with Gasteiger partial charge in [0.25, 0.3) is 0 Å². The lowest BCUT2D eigenvalue weighted by atomic mass is 10.1. The second-order valence-electron chi connectivity index (χ2n) is 4.32. The molecule has 3 nitrogen and oxygen atoms in total. The second kappa shape index (κ2) is 5.89. The van der Waals surface area contributed by atoms with E-state index >= 15 is 0 Å². The van der Waals surface area contributed by atoms with Crippen LogP contribution in [-0.2, 0) is 15.6 Å². The van der Waals surface area contributed by atoms with Gasteiger partial charge in [-0.05, 0) is 18.8 Å². The summed E-state index contributed by atoms with van der Waals surface area (Å²) in [5, 5.41) is 2.73.